The molecule has 0 aliphatic carbocycles. The molecule has 1 aliphatic rings. The van der Waals surface area contributed by atoms with Crippen molar-refractivity contribution in [3.63, 3.8) is 0 Å². The van der Waals surface area contributed by atoms with E-state index in [-0.39, 0.29) is 19.0 Å². The first-order valence-electron chi connectivity index (χ1n) is 8.77. The fraction of sp³-hybridized carbons (Fsp3) is 0.588. The van der Waals surface area contributed by atoms with Gasteiger partial charge < -0.3 is 10.2 Å². The summed E-state index contributed by atoms with van der Waals surface area (Å²) < 4.78 is 61.3. The smallest absolute Gasteiger partial charge is 0.356 e. The van der Waals surface area contributed by atoms with Crippen molar-refractivity contribution in [2.24, 2.45) is 10.9 Å². The lowest BCUT2D eigenvalue weighted by atomic mass is 9.98. The molecular weight excluding hydrogens is 417 g/mol. The Morgan fingerprint density at radius 1 is 1.29 bits per heavy atom. The molecule has 0 spiro atoms. The van der Waals surface area contributed by atoms with Crippen molar-refractivity contribution in [3.05, 3.63) is 34.9 Å². The van der Waals surface area contributed by atoms with Crippen LogP contribution in [0.2, 0.25) is 5.02 Å². The van der Waals surface area contributed by atoms with Gasteiger partial charge >= 0.3 is 15.5 Å². The van der Waals surface area contributed by atoms with Gasteiger partial charge in [-0.15, -0.1) is 0 Å². The summed E-state index contributed by atoms with van der Waals surface area (Å²) in [7, 11) is -1.71. The highest BCUT2D eigenvalue weighted by molar-refractivity contribution is 7.90. The number of halogens is 4. The lowest BCUT2D eigenvalue weighted by Crippen LogP contribution is -2.47. The molecule has 2 rings (SSSR count). The second-order valence-electron chi connectivity index (χ2n) is 6.70. The molecule has 1 saturated heterocycles. The molecule has 158 valence electrons. The van der Waals surface area contributed by atoms with E-state index in [1.54, 1.807) is 7.05 Å². The largest absolute Gasteiger partial charge is 0.511 e. The molecule has 6 nitrogen and oxygen atoms in total. The highest BCUT2D eigenvalue weighted by atomic mass is 35.5. The van der Waals surface area contributed by atoms with Crippen LogP contribution in [0.15, 0.2) is 29.3 Å². The second-order valence-corrected chi connectivity index (χ2v) is 9.07. The Bertz CT molecular complexity index is 777. The van der Waals surface area contributed by atoms with Gasteiger partial charge in [-0.1, -0.05) is 23.7 Å². The molecule has 1 fully saturated rings. The van der Waals surface area contributed by atoms with Gasteiger partial charge in [0.2, 0.25) is 0 Å². The molecule has 1 N–H and O–H groups in total. The van der Waals surface area contributed by atoms with Gasteiger partial charge in [0.1, 0.15) is 0 Å². The minimum Gasteiger partial charge on any atom is -0.356 e. The fourth-order valence-electron chi connectivity index (χ4n) is 3.06. The summed E-state index contributed by atoms with van der Waals surface area (Å²) in [6, 6.07) is 7.46. The van der Waals surface area contributed by atoms with E-state index in [9.17, 15) is 21.6 Å². The van der Waals surface area contributed by atoms with E-state index >= 15 is 0 Å². The average molecular weight is 441 g/mol. The zero-order valence-electron chi connectivity index (χ0n) is 15.7. The van der Waals surface area contributed by atoms with Crippen LogP contribution in [0.25, 0.3) is 0 Å². The molecule has 0 unspecified atom stereocenters. The van der Waals surface area contributed by atoms with Gasteiger partial charge in [-0.25, -0.2) is 8.42 Å². The number of hydrogen-bond acceptors (Lipinski definition) is 3. The maximum atomic E-state index is 12.6. The van der Waals surface area contributed by atoms with E-state index < -0.39 is 15.5 Å². The molecule has 0 bridgehead atoms. The third-order valence-corrected chi connectivity index (χ3v) is 6.54. The summed E-state index contributed by atoms with van der Waals surface area (Å²) in [5.41, 5.74) is -4.19. The zero-order chi connectivity index (χ0) is 20.9. The van der Waals surface area contributed by atoms with Crippen LogP contribution in [0.5, 0.6) is 0 Å². The van der Waals surface area contributed by atoms with Crippen LogP contribution < -0.4 is 5.32 Å². The number of rotatable bonds is 5. The summed E-state index contributed by atoms with van der Waals surface area (Å²) >= 11 is 5.88. The molecule has 1 heterocycles. The highest BCUT2D eigenvalue weighted by Gasteiger charge is 2.50. The van der Waals surface area contributed by atoms with E-state index in [4.69, 9.17) is 11.6 Å². The molecule has 0 aromatic heterocycles. The Morgan fingerprint density at radius 3 is 2.36 bits per heavy atom. The molecule has 28 heavy (non-hydrogen) atoms. The number of nitrogens with zero attached hydrogens (tertiary/aromatic N) is 3. The SMILES string of the molecule is CN=C(NCC1CCN(S(=O)(=O)C(F)(F)F)CC1)N(C)Cc1ccc(Cl)cc1. The topological polar surface area (TPSA) is 65.0 Å². The van der Waals surface area contributed by atoms with Gasteiger partial charge in [0.25, 0.3) is 0 Å². The lowest BCUT2D eigenvalue weighted by molar-refractivity contribution is -0.0496. The first-order chi connectivity index (χ1) is 13.0. The van der Waals surface area contributed by atoms with Crippen molar-refractivity contribution < 1.29 is 21.6 Å². The van der Waals surface area contributed by atoms with Crippen LogP contribution in [0, 0.1) is 5.92 Å². The van der Waals surface area contributed by atoms with Crippen LogP contribution in [0.1, 0.15) is 18.4 Å². The summed E-state index contributed by atoms with van der Waals surface area (Å²) in [6.07, 6.45) is 0.723. The van der Waals surface area contributed by atoms with Crippen molar-refractivity contribution in [1.82, 2.24) is 14.5 Å². The number of alkyl halides is 3. The number of hydrogen-bond donors (Lipinski definition) is 1. The third kappa shape index (κ3) is 5.74. The minimum atomic E-state index is -5.25. The molecule has 0 amide bonds. The van der Waals surface area contributed by atoms with Crippen molar-refractivity contribution >= 4 is 27.6 Å². The fourth-order valence-corrected chi connectivity index (χ4v) is 4.17. The van der Waals surface area contributed by atoms with Crippen molar-refractivity contribution in [3.8, 4) is 0 Å². The number of nitrogens with one attached hydrogen (secondary N) is 1. The molecule has 1 aliphatic heterocycles. The summed E-state index contributed by atoms with van der Waals surface area (Å²) in [6.45, 7) is 0.859. The van der Waals surface area contributed by atoms with E-state index in [0.717, 1.165) is 5.56 Å². The van der Waals surface area contributed by atoms with Crippen molar-refractivity contribution in [2.45, 2.75) is 24.9 Å². The van der Waals surface area contributed by atoms with Gasteiger partial charge in [0.05, 0.1) is 0 Å². The summed E-state index contributed by atoms with van der Waals surface area (Å²) in [4.78, 5) is 6.15. The Kier molecular flexibility index (Phi) is 7.58. The van der Waals surface area contributed by atoms with Gasteiger partial charge in [-0.2, -0.15) is 17.5 Å². The minimum absolute atomic E-state index is 0.0698. The number of benzene rings is 1. The molecule has 11 heteroatoms. The van der Waals surface area contributed by atoms with Crippen molar-refractivity contribution in [2.75, 3.05) is 33.7 Å². The van der Waals surface area contributed by atoms with E-state index in [0.29, 0.717) is 41.2 Å². The zero-order valence-corrected chi connectivity index (χ0v) is 17.3. The Balaban J connectivity index is 1.84. The quantitative estimate of drug-likeness (QED) is 0.565. The van der Waals surface area contributed by atoms with Gasteiger partial charge in [0, 0.05) is 45.3 Å². The average Bonchev–Trinajstić information content (AvgIpc) is 2.63. The first-order valence-corrected chi connectivity index (χ1v) is 10.6. The monoisotopic (exact) mass is 440 g/mol. The predicted molar refractivity (Wildman–Crippen MR) is 104 cm³/mol. The van der Waals surface area contributed by atoms with Crippen molar-refractivity contribution in [1.29, 1.82) is 0 Å². The van der Waals surface area contributed by atoms with E-state index in [2.05, 4.69) is 10.3 Å². The van der Waals surface area contributed by atoms with Gasteiger partial charge in [0.15, 0.2) is 5.96 Å². The van der Waals surface area contributed by atoms with Gasteiger partial charge in [-0.3, -0.25) is 4.99 Å². The van der Waals surface area contributed by atoms with E-state index in [1.807, 2.05) is 36.2 Å². The van der Waals surface area contributed by atoms with Crippen LogP contribution in [-0.4, -0.2) is 62.8 Å². The highest BCUT2D eigenvalue weighted by Crippen LogP contribution is 2.30. The number of piperidine rings is 1. The number of guanidine groups is 1. The molecule has 0 saturated carbocycles. The molecular formula is C17H24ClF3N4O2S. The van der Waals surface area contributed by atoms with Crippen LogP contribution in [0.3, 0.4) is 0 Å². The van der Waals surface area contributed by atoms with Crippen LogP contribution in [-0.2, 0) is 16.6 Å². The maximum absolute atomic E-state index is 12.6. The molecule has 1 aromatic rings. The Hall–Kier alpha value is -1.52. The Morgan fingerprint density at radius 2 is 1.86 bits per heavy atom. The second kappa shape index (κ2) is 9.32. The molecule has 0 radical (unpaired) electrons. The normalized spacial score (nSPS) is 17.6. The molecule has 0 atom stereocenters. The standard InChI is InChI=1S/C17H24ClF3N4O2S/c1-22-16(24(2)12-14-3-5-15(18)6-4-14)23-11-13-7-9-25(10-8-13)28(26,27)17(19,20)21/h3-6,13H,7-12H2,1-2H3,(H,22,23). The third-order valence-electron chi connectivity index (χ3n) is 4.66. The summed E-state index contributed by atoms with van der Waals surface area (Å²) in [5, 5.41) is 3.87. The number of sulfonamides is 1. The predicted octanol–water partition coefficient (Wildman–Crippen LogP) is 2.91. The van der Waals surface area contributed by atoms with Crippen LogP contribution in [0.4, 0.5) is 13.2 Å². The summed E-state index contributed by atoms with van der Waals surface area (Å²) in [5.74, 6) is 0.723. The Labute approximate surface area is 168 Å². The number of aliphatic imine (C=N–C) groups is 1. The first kappa shape index (κ1) is 22.8. The lowest BCUT2D eigenvalue weighted by Gasteiger charge is -2.32. The van der Waals surface area contributed by atoms with Gasteiger partial charge in [-0.05, 0) is 36.5 Å². The van der Waals surface area contributed by atoms with E-state index in [1.165, 1.54) is 0 Å². The molecule has 1 aromatic carbocycles. The maximum Gasteiger partial charge on any atom is 0.511 e. The van der Waals surface area contributed by atoms with Crippen LogP contribution >= 0.6 is 11.6 Å².